The maximum absolute atomic E-state index is 11.0. The quantitative estimate of drug-likeness (QED) is 0.847. The molecule has 0 fully saturated rings. The molecule has 0 aliphatic heterocycles. The second-order valence-electron chi connectivity index (χ2n) is 3.84. The molecule has 16 heavy (non-hydrogen) atoms. The van der Waals surface area contributed by atoms with Gasteiger partial charge in [0.2, 0.25) is 0 Å². The summed E-state index contributed by atoms with van der Waals surface area (Å²) in [6.07, 6.45) is 1.44. The predicted molar refractivity (Wildman–Crippen MR) is 58.2 cm³/mol. The molecule has 0 saturated heterocycles. The highest BCUT2D eigenvalue weighted by Crippen LogP contribution is 2.40. The van der Waals surface area contributed by atoms with E-state index in [4.69, 9.17) is 14.6 Å². The number of hydrogen-bond donors (Lipinski definition) is 1. The van der Waals surface area contributed by atoms with Gasteiger partial charge in [-0.2, -0.15) is 0 Å². The summed E-state index contributed by atoms with van der Waals surface area (Å²) in [6, 6.07) is 3.65. The number of ether oxygens (including phenoxy) is 2. The van der Waals surface area contributed by atoms with Crippen LogP contribution in [0, 0.1) is 0 Å². The molecule has 0 saturated carbocycles. The minimum absolute atomic E-state index is 0.408. The van der Waals surface area contributed by atoms with Crippen molar-refractivity contribution in [2.75, 3.05) is 14.2 Å². The average Bonchev–Trinajstić information content (AvgIpc) is 2.69. The van der Waals surface area contributed by atoms with Gasteiger partial charge in [-0.3, -0.25) is 4.79 Å². The number of benzene rings is 1. The van der Waals surface area contributed by atoms with Crippen LogP contribution in [-0.2, 0) is 11.2 Å². The minimum atomic E-state index is -0.772. The molecule has 86 valence electrons. The van der Waals surface area contributed by atoms with E-state index in [0.29, 0.717) is 17.9 Å². The molecule has 1 aromatic rings. The van der Waals surface area contributed by atoms with Gasteiger partial charge < -0.3 is 14.6 Å². The van der Waals surface area contributed by atoms with Crippen LogP contribution in [0.15, 0.2) is 12.1 Å². The third-order valence-corrected chi connectivity index (χ3v) is 3.02. The second-order valence-corrected chi connectivity index (χ2v) is 3.84. The van der Waals surface area contributed by atoms with Gasteiger partial charge in [-0.25, -0.2) is 0 Å². The third kappa shape index (κ3) is 1.60. The zero-order valence-corrected chi connectivity index (χ0v) is 9.32. The summed E-state index contributed by atoms with van der Waals surface area (Å²) >= 11 is 0. The first kappa shape index (κ1) is 10.8. The lowest BCUT2D eigenvalue weighted by Gasteiger charge is -2.11. The fraction of sp³-hybridized carbons (Fsp3) is 0.417. The average molecular weight is 222 g/mol. The van der Waals surface area contributed by atoms with Gasteiger partial charge in [0, 0.05) is 0 Å². The Bertz CT molecular complexity index is 425. The van der Waals surface area contributed by atoms with Crippen LogP contribution >= 0.6 is 0 Å². The zero-order valence-electron chi connectivity index (χ0n) is 9.32. The summed E-state index contributed by atoms with van der Waals surface area (Å²) in [5.74, 6) is 0.0717. The molecular weight excluding hydrogens is 208 g/mol. The normalized spacial score (nSPS) is 18.0. The molecule has 0 bridgehead atoms. The topological polar surface area (TPSA) is 55.8 Å². The summed E-state index contributed by atoms with van der Waals surface area (Å²) in [5.41, 5.74) is 1.90. The number of methoxy groups -OCH3 is 2. The van der Waals surface area contributed by atoms with Crippen LogP contribution in [0.4, 0.5) is 0 Å². The van der Waals surface area contributed by atoms with Gasteiger partial charge in [-0.15, -0.1) is 0 Å². The second kappa shape index (κ2) is 4.04. The minimum Gasteiger partial charge on any atom is -0.493 e. The first-order chi connectivity index (χ1) is 7.67. The summed E-state index contributed by atoms with van der Waals surface area (Å²) < 4.78 is 10.4. The number of carboxylic acid groups (broad SMARTS) is 1. The molecule has 1 atom stereocenters. The molecule has 1 N–H and O–H groups in total. The van der Waals surface area contributed by atoms with E-state index in [1.54, 1.807) is 20.3 Å². The van der Waals surface area contributed by atoms with Crippen LogP contribution in [0.5, 0.6) is 11.5 Å². The number of rotatable bonds is 3. The van der Waals surface area contributed by atoms with Gasteiger partial charge in [-0.05, 0) is 36.1 Å². The zero-order chi connectivity index (χ0) is 11.7. The summed E-state index contributed by atoms with van der Waals surface area (Å²) in [7, 11) is 3.13. The predicted octanol–water partition coefficient (Wildman–Crippen LogP) is 1.82. The lowest BCUT2D eigenvalue weighted by molar-refractivity contribution is -0.138. The Kier molecular flexibility index (Phi) is 2.73. The van der Waals surface area contributed by atoms with Crippen molar-refractivity contribution < 1.29 is 19.4 Å². The van der Waals surface area contributed by atoms with Crippen molar-refractivity contribution >= 4 is 5.97 Å². The highest BCUT2D eigenvalue weighted by atomic mass is 16.5. The molecular formula is C12H14O4. The van der Waals surface area contributed by atoms with E-state index >= 15 is 0 Å². The Labute approximate surface area is 93.8 Å². The number of aliphatic carboxylic acids is 1. The fourth-order valence-electron chi connectivity index (χ4n) is 2.19. The van der Waals surface area contributed by atoms with Gasteiger partial charge in [0.25, 0.3) is 0 Å². The monoisotopic (exact) mass is 222 g/mol. The fourth-order valence-corrected chi connectivity index (χ4v) is 2.19. The molecule has 0 spiro atoms. The van der Waals surface area contributed by atoms with E-state index in [2.05, 4.69) is 0 Å². The molecule has 4 nitrogen and oxygen atoms in total. The number of carbonyl (C=O) groups is 1. The van der Waals surface area contributed by atoms with Crippen molar-refractivity contribution in [1.82, 2.24) is 0 Å². The summed E-state index contributed by atoms with van der Waals surface area (Å²) in [5, 5.41) is 9.08. The highest BCUT2D eigenvalue weighted by Gasteiger charge is 2.29. The molecule has 1 aliphatic carbocycles. The van der Waals surface area contributed by atoms with Gasteiger partial charge in [0.05, 0.1) is 20.1 Å². The van der Waals surface area contributed by atoms with Gasteiger partial charge in [0.1, 0.15) is 0 Å². The number of fused-ring (bicyclic) bond motifs is 1. The van der Waals surface area contributed by atoms with Crippen LogP contribution in [-0.4, -0.2) is 25.3 Å². The largest absolute Gasteiger partial charge is 0.493 e. The summed E-state index contributed by atoms with van der Waals surface area (Å²) in [4.78, 5) is 11.0. The number of carboxylic acids is 1. The van der Waals surface area contributed by atoms with Crippen molar-refractivity contribution in [3.05, 3.63) is 23.3 Å². The van der Waals surface area contributed by atoms with E-state index in [-0.39, 0.29) is 0 Å². The molecule has 4 heteroatoms. The van der Waals surface area contributed by atoms with E-state index < -0.39 is 11.9 Å². The Morgan fingerprint density at radius 1 is 1.31 bits per heavy atom. The molecule has 2 rings (SSSR count). The maximum Gasteiger partial charge on any atom is 0.310 e. The Hall–Kier alpha value is -1.71. The first-order valence-corrected chi connectivity index (χ1v) is 5.15. The van der Waals surface area contributed by atoms with Gasteiger partial charge >= 0.3 is 5.97 Å². The van der Waals surface area contributed by atoms with E-state index in [1.165, 1.54) is 0 Å². The van der Waals surface area contributed by atoms with E-state index in [1.807, 2.05) is 6.07 Å². The van der Waals surface area contributed by atoms with Crippen LogP contribution in [0.3, 0.4) is 0 Å². The molecule has 1 aliphatic rings. The van der Waals surface area contributed by atoms with Gasteiger partial charge in [-0.1, -0.05) is 0 Å². The molecule has 0 unspecified atom stereocenters. The molecule has 0 heterocycles. The smallest absolute Gasteiger partial charge is 0.310 e. The van der Waals surface area contributed by atoms with Crippen LogP contribution in [0.1, 0.15) is 23.5 Å². The number of aryl methyl sites for hydroxylation is 1. The van der Waals surface area contributed by atoms with Crippen molar-refractivity contribution in [1.29, 1.82) is 0 Å². The molecule has 0 radical (unpaired) electrons. The maximum atomic E-state index is 11.0. The highest BCUT2D eigenvalue weighted by molar-refractivity contribution is 5.78. The van der Waals surface area contributed by atoms with Crippen molar-refractivity contribution in [2.45, 2.75) is 18.8 Å². The Morgan fingerprint density at radius 2 is 1.94 bits per heavy atom. The third-order valence-electron chi connectivity index (χ3n) is 3.02. The standard InChI is InChI=1S/C12H14O4/c1-15-10-5-7-3-4-8(12(13)14)9(7)6-11(10)16-2/h5-6,8H,3-4H2,1-2H3,(H,13,14)/t8-/m1/s1. The molecule has 0 aromatic heterocycles. The SMILES string of the molecule is COc1cc2c(cc1OC)[C@H](C(=O)O)CC2. The van der Waals surface area contributed by atoms with Crippen molar-refractivity contribution in [2.24, 2.45) is 0 Å². The van der Waals surface area contributed by atoms with Crippen molar-refractivity contribution in [3.63, 3.8) is 0 Å². The van der Waals surface area contributed by atoms with Crippen LogP contribution < -0.4 is 9.47 Å². The van der Waals surface area contributed by atoms with E-state index in [0.717, 1.165) is 17.5 Å². The van der Waals surface area contributed by atoms with Crippen molar-refractivity contribution in [3.8, 4) is 11.5 Å². The Morgan fingerprint density at radius 3 is 2.50 bits per heavy atom. The summed E-state index contributed by atoms with van der Waals surface area (Å²) in [6.45, 7) is 0. The first-order valence-electron chi connectivity index (χ1n) is 5.15. The van der Waals surface area contributed by atoms with E-state index in [9.17, 15) is 4.79 Å². The lowest BCUT2D eigenvalue weighted by atomic mass is 10.0. The van der Waals surface area contributed by atoms with Crippen LogP contribution in [0.2, 0.25) is 0 Å². The number of hydrogen-bond acceptors (Lipinski definition) is 3. The van der Waals surface area contributed by atoms with Crippen LogP contribution in [0.25, 0.3) is 0 Å². The molecule has 1 aromatic carbocycles. The lowest BCUT2D eigenvalue weighted by Crippen LogP contribution is -2.08. The Balaban J connectivity index is 2.48. The molecule has 0 amide bonds. The van der Waals surface area contributed by atoms with Gasteiger partial charge in [0.15, 0.2) is 11.5 Å².